The zero-order valence-electron chi connectivity index (χ0n) is 12.8. The molecule has 1 unspecified atom stereocenters. The zero-order chi connectivity index (χ0) is 16.1. The van der Waals surface area contributed by atoms with Crippen LogP contribution in [0.5, 0.6) is 0 Å². The van der Waals surface area contributed by atoms with Gasteiger partial charge in [-0.25, -0.2) is 9.97 Å². The molecule has 1 saturated heterocycles. The van der Waals surface area contributed by atoms with Crippen molar-refractivity contribution in [3.05, 3.63) is 41.2 Å². The molecular weight excluding hydrogens is 314 g/mol. The molecule has 1 aromatic heterocycles. The van der Waals surface area contributed by atoms with Crippen LogP contribution in [0.1, 0.15) is 18.4 Å². The Kier molecular flexibility index (Phi) is 5.15. The monoisotopic (exact) mass is 333 g/mol. The lowest BCUT2D eigenvalue weighted by Crippen LogP contribution is -2.20. The van der Waals surface area contributed by atoms with Gasteiger partial charge in [0, 0.05) is 24.7 Å². The van der Waals surface area contributed by atoms with Crippen molar-refractivity contribution < 1.29 is 4.74 Å². The zero-order valence-corrected chi connectivity index (χ0v) is 13.5. The number of nitrogen functional groups attached to an aromatic ring is 1. The lowest BCUT2D eigenvalue weighted by Gasteiger charge is -2.15. The van der Waals surface area contributed by atoms with Crippen LogP contribution >= 0.6 is 11.6 Å². The Bertz CT molecular complexity index is 661. The molecule has 7 heteroatoms. The maximum atomic E-state index is 6.15. The number of anilines is 3. The standard InChI is InChI=1S/C16H20ClN5O/c17-13-6-2-1-4-11(13)8-19-15-14(18)16(22-10-21-15)20-9-12-5-3-7-23-12/h1-2,4,6,10,12H,3,5,7-9,18H2,(H2,19,20,21,22). The lowest BCUT2D eigenvalue weighted by atomic mass is 10.2. The van der Waals surface area contributed by atoms with Crippen molar-refractivity contribution in [3.63, 3.8) is 0 Å². The van der Waals surface area contributed by atoms with Crippen molar-refractivity contribution >= 4 is 28.9 Å². The van der Waals surface area contributed by atoms with Gasteiger partial charge in [0.25, 0.3) is 0 Å². The summed E-state index contributed by atoms with van der Waals surface area (Å²) in [6, 6.07) is 7.67. The van der Waals surface area contributed by atoms with Crippen molar-refractivity contribution in [3.8, 4) is 0 Å². The highest BCUT2D eigenvalue weighted by molar-refractivity contribution is 6.31. The molecule has 2 heterocycles. The average Bonchev–Trinajstić information content (AvgIpc) is 3.07. The molecular formula is C16H20ClN5O. The SMILES string of the molecule is Nc1c(NCc2ccccc2Cl)ncnc1NCC1CCCO1. The van der Waals surface area contributed by atoms with E-state index in [4.69, 9.17) is 22.1 Å². The molecule has 6 nitrogen and oxygen atoms in total. The number of benzene rings is 1. The molecule has 2 aromatic rings. The molecule has 0 bridgehead atoms. The van der Waals surface area contributed by atoms with E-state index < -0.39 is 0 Å². The molecule has 1 atom stereocenters. The van der Waals surface area contributed by atoms with E-state index in [9.17, 15) is 0 Å². The second-order valence-corrected chi connectivity index (χ2v) is 5.85. The van der Waals surface area contributed by atoms with Crippen LogP contribution in [0.15, 0.2) is 30.6 Å². The molecule has 122 valence electrons. The fourth-order valence-electron chi connectivity index (χ4n) is 2.51. The molecule has 23 heavy (non-hydrogen) atoms. The van der Waals surface area contributed by atoms with Gasteiger partial charge in [-0.2, -0.15) is 0 Å². The number of aromatic nitrogens is 2. The van der Waals surface area contributed by atoms with Gasteiger partial charge in [0.2, 0.25) is 0 Å². The first-order valence-corrected chi connectivity index (χ1v) is 8.05. The fourth-order valence-corrected chi connectivity index (χ4v) is 2.72. The largest absolute Gasteiger partial charge is 0.393 e. The quantitative estimate of drug-likeness (QED) is 0.753. The number of nitrogens with one attached hydrogen (secondary N) is 2. The topological polar surface area (TPSA) is 85.1 Å². The summed E-state index contributed by atoms with van der Waals surface area (Å²) in [7, 11) is 0. The summed E-state index contributed by atoms with van der Waals surface area (Å²) < 4.78 is 5.59. The normalized spacial score (nSPS) is 17.2. The van der Waals surface area contributed by atoms with Crippen LogP contribution < -0.4 is 16.4 Å². The number of halogens is 1. The minimum absolute atomic E-state index is 0.226. The third kappa shape index (κ3) is 4.03. The summed E-state index contributed by atoms with van der Waals surface area (Å²) in [5.74, 6) is 1.21. The number of hydrogen-bond donors (Lipinski definition) is 3. The van der Waals surface area contributed by atoms with Crippen molar-refractivity contribution in [1.82, 2.24) is 9.97 Å². The van der Waals surface area contributed by atoms with E-state index in [-0.39, 0.29) is 6.10 Å². The number of rotatable bonds is 6. The van der Waals surface area contributed by atoms with Crippen LogP contribution in [0.25, 0.3) is 0 Å². The Balaban J connectivity index is 1.63. The maximum absolute atomic E-state index is 6.15. The van der Waals surface area contributed by atoms with E-state index in [0.717, 1.165) is 25.0 Å². The van der Waals surface area contributed by atoms with Crippen molar-refractivity contribution in [2.24, 2.45) is 0 Å². The van der Waals surface area contributed by atoms with E-state index >= 15 is 0 Å². The number of nitrogens with zero attached hydrogens (tertiary/aromatic N) is 2. The van der Waals surface area contributed by atoms with E-state index in [2.05, 4.69) is 20.6 Å². The molecule has 0 amide bonds. The Morgan fingerprint density at radius 3 is 2.74 bits per heavy atom. The summed E-state index contributed by atoms with van der Waals surface area (Å²) in [5.41, 5.74) is 7.63. The first-order valence-electron chi connectivity index (χ1n) is 7.67. The Hall–Kier alpha value is -2.05. The third-order valence-corrected chi connectivity index (χ3v) is 4.18. The van der Waals surface area contributed by atoms with Crippen LogP contribution in [0.3, 0.4) is 0 Å². The molecule has 4 N–H and O–H groups in total. The summed E-state index contributed by atoms with van der Waals surface area (Å²) >= 11 is 6.15. The average molecular weight is 334 g/mol. The van der Waals surface area contributed by atoms with Gasteiger partial charge in [-0.15, -0.1) is 0 Å². The Morgan fingerprint density at radius 2 is 2.00 bits per heavy atom. The first-order chi connectivity index (χ1) is 11.2. The highest BCUT2D eigenvalue weighted by Crippen LogP contribution is 2.24. The number of nitrogens with two attached hydrogens (primary N) is 1. The van der Waals surface area contributed by atoms with Crippen LogP contribution in [0.2, 0.25) is 5.02 Å². The first kappa shape index (κ1) is 15.8. The van der Waals surface area contributed by atoms with Crippen LogP contribution in [-0.4, -0.2) is 29.2 Å². The third-order valence-electron chi connectivity index (χ3n) is 3.81. The second-order valence-electron chi connectivity index (χ2n) is 5.45. The Labute approximate surface area is 140 Å². The second kappa shape index (κ2) is 7.48. The van der Waals surface area contributed by atoms with Gasteiger partial charge in [0.05, 0.1) is 6.10 Å². The minimum Gasteiger partial charge on any atom is -0.393 e. The molecule has 1 aliphatic rings. The molecule has 3 rings (SSSR count). The van der Waals surface area contributed by atoms with Gasteiger partial charge < -0.3 is 21.1 Å². The van der Waals surface area contributed by atoms with E-state index in [1.165, 1.54) is 6.33 Å². The summed E-state index contributed by atoms with van der Waals surface area (Å²) in [6.07, 6.45) is 3.89. The van der Waals surface area contributed by atoms with Gasteiger partial charge in [-0.3, -0.25) is 0 Å². The van der Waals surface area contributed by atoms with Crippen molar-refractivity contribution in [2.75, 3.05) is 29.5 Å². The van der Waals surface area contributed by atoms with Crippen LogP contribution in [-0.2, 0) is 11.3 Å². The van der Waals surface area contributed by atoms with Gasteiger partial charge in [-0.1, -0.05) is 29.8 Å². The molecule has 1 aliphatic heterocycles. The predicted molar refractivity (Wildman–Crippen MR) is 92.7 cm³/mol. The molecule has 0 radical (unpaired) electrons. The van der Waals surface area contributed by atoms with Gasteiger partial charge in [0.1, 0.15) is 12.0 Å². The highest BCUT2D eigenvalue weighted by atomic mass is 35.5. The fraction of sp³-hybridized carbons (Fsp3) is 0.375. The minimum atomic E-state index is 0.226. The molecule has 1 aromatic carbocycles. The molecule has 0 aliphatic carbocycles. The molecule has 0 spiro atoms. The summed E-state index contributed by atoms with van der Waals surface area (Å²) in [6.45, 7) is 2.08. The van der Waals surface area contributed by atoms with E-state index in [1.54, 1.807) is 0 Å². The highest BCUT2D eigenvalue weighted by Gasteiger charge is 2.16. The van der Waals surface area contributed by atoms with Crippen molar-refractivity contribution in [2.45, 2.75) is 25.5 Å². The lowest BCUT2D eigenvalue weighted by molar-refractivity contribution is 0.120. The van der Waals surface area contributed by atoms with E-state index in [0.29, 0.717) is 35.4 Å². The number of ether oxygens (including phenoxy) is 1. The van der Waals surface area contributed by atoms with E-state index in [1.807, 2.05) is 24.3 Å². The van der Waals surface area contributed by atoms with Gasteiger partial charge in [-0.05, 0) is 24.5 Å². The smallest absolute Gasteiger partial charge is 0.155 e. The van der Waals surface area contributed by atoms with Crippen LogP contribution in [0, 0.1) is 0 Å². The summed E-state index contributed by atoms with van der Waals surface area (Å²) in [5, 5.41) is 7.16. The molecule has 0 saturated carbocycles. The van der Waals surface area contributed by atoms with Crippen LogP contribution in [0.4, 0.5) is 17.3 Å². The van der Waals surface area contributed by atoms with Gasteiger partial charge in [0.15, 0.2) is 11.6 Å². The number of hydrogen-bond acceptors (Lipinski definition) is 6. The summed E-state index contributed by atoms with van der Waals surface area (Å²) in [4.78, 5) is 8.41. The Morgan fingerprint density at radius 1 is 1.22 bits per heavy atom. The van der Waals surface area contributed by atoms with Crippen molar-refractivity contribution in [1.29, 1.82) is 0 Å². The molecule has 1 fully saturated rings. The predicted octanol–water partition coefficient (Wildman–Crippen LogP) is 2.92. The maximum Gasteiger partial charge on any atom is 0.155 e. The van der Waals surface area contributed by atoms with Gasteiger partial charge >= 0.3 is 0 Å².